The molecule has 1 atom stereocenters. The van der Waals surface area contributed by atoms with Crippen molar-refractivity contribution in [1.29, 1.82) is 0 Å². The Bertz CT molecular complexity index is 1220. The van der Waals surface area contributed by atoms with E-state index in [1.165, 1.54) is 48.0 Å². The summed E-state index contributed by atoms with van der Waals surface area (Å²) in [6.07, 6.45) is -3.28. The standard InChI is InChI=1S/C21H17ClF3N3O3/c1-11(19(26)30)28-9-8-14-15(20(28)31)6-7-16(22)18(14)27-17(29)10-12-2-4-13(5-3-12)21(23,24)25/h2-9,11H,10H2,1H3,(H2,26,30)(H,27,29)/t11-/m0/s1. The van der Waals surface area contributed by atoms with Gasteiger partial charge in [0.1, 0.15) is 6.04 Å². The van der Waals surface area contributed by atoms with E-state index in [0.717, 1.165) is 12.1 Å². The lowest BCUT2D eigenvalue weighted by Gasteiger charge is -2.15. The predicted octanol–water partition coefficient (Wildman–Crippen LogP) is 3.90. The lowest BCUT2D eigenvalue weighted by molar-refractivity contribution is -0.137. The molecule has 2 aromatic carbocycles. The Morgan fingerprint density at radius 1 is 1.10 bits per heavy atom. The Morgan fingerprint density at radius 2 is 1.74 bits per heavy atom. The van der Waals surface area contributed by atoms with Crippen LogP contribution in [0.2, 0.25) is 5.02 Å². The maximum atomic E-state index is 12.7. The van der Waals surface area contributed by atoms with E-state index in [0.29, 0.717) is 10.9 Å². The monoisotopic (exact) mass is 451 g/mol. The number of nitrogens with two attached hydrogens (primary N) is 1. The van der Waals surface area contributed by atoms with Crippen molar-refractivity contribution in [2.24, 2.45) is 5.73 Å². The third-order valence-corrected chi connectivity index (χ3v) is 5.12. The number of nitrogens with one attached hydrogen (secondary N) is 1. The summed E-state index contributed by atoms with van der Waals surface area (Å²) < 4.78 is 39.2. The Morgan fingerprint density at radius 3 is 2.32 bits per heavy atom. The number of alkyl halides is 3. The van der Waals surface area contributed by atoms with Crippen molar-refractivity contribution < 1.29 is 22.8 Å². The van der Waals surface area contributed by atoms with Gasteiger partial charge in [-0.1, -0.05) is 23.7 Å². The normalized spacial score (nSPS) is 12.5. The van der Waals surface area contributed by atoms with Crippen molar-refractivity contribution in [3.05, 3.63) is 75.2 Å². The molecule has 6 nitrogen and oxygen atoms in total. The molecule has 0 bridgehead atoms. The van der Waals surface area contributed by atoms with Crippen LogP contribution in [-0.4, -0.2) is 16.4 Å². The highest BCUT2D eigenvalue weighted by Crippen LogP contribution is 2.31. The number of amides is 2. The number of carbonyl (C=O) groups excluding carboxylic acids is 2. The van der Waals surface area contributed by atoms with Crippen LogP contribution in [0.3, 0.4) is 0 Å². The quantitative estimate of drug-likeness (QED) is 0.616. The lowest BCUT2D eigenvalue weighted by atomic mass is 10.1. The van der Waals surface area contributed by atoms with Crippen LogP contribution >= 0.6 is 11.6 Å². The fourth-order valence-electron chi connectivity index (χ4n) is 3.06. The van der Waals surface area contributed by atoms with Crippen molar-refractivity contribution in [3.63, 3.8) is 0 Å². The number of halogens is 4. The zero-order chi connectivity index (χ0) is 22.9. The summed E-state index contributed by atoms with van der Waals surface area (Å²) in [5.41, 5.74) is 4.53. The number of anilines is 1. The summed E-state index contributed by atoms with van der Waals surface area (Å²) in [7, 11) is 0. The van der Waals surface area contributed by atoms with E-state index in [4.69, 9.17) is 17.3 Å². The van der Waals surface area contributed by atoms with Crippen LogP contribution in [0.1, 0.15) is 24.1 Å². The molecule has 0 spiro atoms. The number of benzene rings is 2. The van der Waals surface area contributed by atoms with Crippen LogP contribution in [0.5, 0.6) is 0 Å². The minimum absolute atomic E-state index is 0.174. The summed E-state index contributed by atoms with van der Waals surface area (Å²) in [4.78, 5) is 36.6. The number of hydrogen-bond acceptors (Lipinski definition) is 3. The van der Waals surface area contributed by atoms with Gasteiger partial charge in [-0.2, -0.15) is 13.2 Å². The number of primary amides is 1. The van der Waals surface area contributed by atoms with Crippen molar-refractivity contribution >= 4 is 39.9 Å². The van der Waals surface area contributed by atoms with Gasteiger partial charge < -0.3 is 15.6 Å². The largest absolute Gasteiger partial charge is 0.416 e. The number of fused-ring (bicyclic) bond motifs is 1. The number of hydrogen-bond donors (Lipinski definition) is 2. The Kier molecular flexibility index (Phi) is 6.08. The first kappa shape index (κ1) is 22.4. The van der Waals surface area contributed by atoms with E-state index in [9.17, 15) is 27.6 Å². The van der Waals surface area contributed by atoms with E-state index < -0.39 is 35.2 Å². The van der Waals surface area contributed by atoms with Gasteiger partial charge in [0.2, 0.25) is 11.8 Å². The fourth-order valence-corrected chi connectivity index (χ4v) is 3.28. The molecule has 0 saturated carbocycles. The summed E-state index contributed by atoms with van der Waals surface area (Å²) in [5.74, 6) is -1.20. The summed E-state index contributed by atoms with van der Waals surface area (Å²) in [5, 5.41) is 3.35. The van der Waals surface area contributed by atoms with Crippen LogP contribution in [0.25, 0.3) is 10.8 Å². The van der Waals surface area contributed by atoms with Crippen molar-refractivity contribution in [2.45, 2.75) is 25.6 Å². The Balaban J connectivity index is 1.89. The van der Waals surface area contributed by atoms with Crippen LogP contribution in [0.15, 0.2) is 53.5 Å². The highest BCUT2D eigenvalue weighted by Gasteiger charge is 2.30. The van der Waals surface area contributed by atoms with Gasteiger partial charge in [0.05, 0.1) is 22.7 Å². The van der Waals surface area contributed by atoms with Gasteiger partial charge in [0.25, 0.3) is 5.56 Å². The van der Waals surface area contributed by atoms with Gasteiger partial charge in [-0.3, -0.25) is 14.4 Å². The summed E-state index contributed by atoms with van der Waals surface area (Å²) in [6.45, 7) is 1.48. The van der Waals surface area contributed by atoms with Gasteiger partial charge >= 0.3 is 6.18 Å². The smallest absolute Gasteiger partial charge is 0.368 e. The second-order valence-corrected chi connectivity index (χ2v) is 7.32. The molecule has 1 aromatic heterocycles. The molecule has 3 rings (SSSR count). The number of carbonyl (C=O) groups is 2. The van der Waals surface area contributed by atoms with Crippen LogP contribution in [-0.2, 0) is 22.2 Å². The highest BCUT2D eigenvalue weighted by molar-refractivity contribution is 6.35. The first-order chi connectivity index (χ1) is 14.5. The highest BCUT2D eigenvalue weighted by atomic mass is 35.5. The lowest BCUT2D eigenvalue weighted by Crippen LogP contribution is -2.31. The Labute approximate surface area is 179 Å². The second kappa shape index (κ2) is 8.43. The predicted molar refractivity (Wildman–Crippen MR) is 111 cm³/mol. The number of aromatic nitrogens is 1. The minimum Gasteiger partial charge on any atom is -0.368 e. The maximum Gasteiger partial charge on any atom is 0.416 e. The molecule has 3 aromatic rings. The van der Waals surface area contributed by atoms with Crippen molar-refractivity contribution in [1.82, 2.24) is 4.57 Å². The third-order valence-electron chi connectivity index (χ3n) is 4.80. The van der Waals surface area contributed by atoms with Gasteiger partial charge in [0.15, 0.2) is 0 Å². The summed E-state index contributed by atoms with van der Waals surface area (Å²) >= 11 is 6.20. The number of pyridine rings is 1. The zero-order valence-corrected chi connectivity index (χ0v) is 16.9. The molecule has 0 unspecified atom stereocenters. The molecule has 0 radical (unpaired) electrons. The fraction of sp³-hybridized carbons (Fsp3) is 0.190. The van der Waals surface area contributed by atoms with E-state index in [-0.39, 0.29) is 22.5 Å². The maximum absolute atomic E-state index is 12.7. The zero-order valence-electron chi connectivity index (χ0n) is 16.2. The van der Waals surface area contributed by atoms with E-state index >= 15 is 0 Å². The van der Waals surface area contributed by atoms with E-state index in [1.807, 2.05) is 0 Å². The molecule has 31 heavy (non-hydrogen) atoms. The average Bonchev–Trinajstić information content (AvgIpc) is 2.69. The number of rotatable bonds is 5. The molecule has 2 amide bonds. The minimum atomic E-state index is -4.46. The number of nitrogens with zero attached hydrogens (tertiary/aromatic N) is 1. The summed E-state index contributed by atoms with van der Waals surface area (Å²) in [6, 6.07) is 7.79. The topological polar surface area (TPSA) is 94.2 Å². The SMILES string of the molecule is C[C@@H](C(N)=O)n1ccc2c(NC(=O)Cc3ccc(C(F)(F)F)cc3)c(Cl)ccc2c1=O. The molecule has 10 heteroatoms. The molecule has 0 aliphatic heterocycles. The first-order valence-corrected chi connectivity index (χ1v) is 9.45. The molecule has 0 aliphatic carbocycles. The molecule has 0 fully saturated rings. The second-order valence-electron chi connectivity index (χ2n) is 6.91. The van der Waals surface area contributed by atoms with Gasteiger partial charge in [-0.15, -0.1) is 0 Å². The van der Waals surface area contributed by atoms with Crippen LogP contribution in [0, 0.1) is 0 Å². The molecule has 162 valence electrons. The average molecular weight is 452 g/mol. The van der Waals surface area contributed by atoms with Gasteiger partial charge in [0, 0.05) is 17.0 Å². The van der Waals surface area contributed by atoms with Crippen molar-refractivity contribution in [2.75, 3.05) is 5.32 Å². The molecule has 3 N–H and O–H groups in total. The van der Waals surface area contributed by atoms with E-state index in [2.05, 4.69) is 5.32 Å². The molecule has 0 aliphatic rings. The molecular weight excluding hydrogens is 435 g/mol. The molecular formula is C21H17ClF3N3O3. The molecule has 0 saturated heterocycles. The van der Waals surface area contributed by atoms with E-state index in [1.54, 1.807) is 0 Å². The van der Waals surface area contributed by atoms with Crippen LogP contribution < -0.4 is 16.6 Å². The molecule has 1 heterocycles. The van der Waals surface area contributed by atoms with Gasteiger partial charge in [-0.25, -0.2) is 0 Å². The Hall–Kier alpha value is -3.33. The van der Waals surface area contributed by atoms with Gasteiger partial charge in [-0.05, 0) is 42.8 Å². The first-order valence-electron chi connectivity index (χ1n) is 9.07. The third kappa shape index (κ3) is 4.72. The van der Waals surface area contributed by atoms with Crippen molar-refractivity contribution in [3.8, 4) is 0 Å². The van der Waals surface area contributed by atoms with Crippen LogP contribution in [0.4, 0.5) is 18.9 Å².